The molecular formula is C108H71NO3. The number of furan rings is 3. The Hall–Kier alpha value is -13.3. The smallest absolute Gasteiger partial charge is 0.144 e. The van der Waals surface area contributed by atoms with Crippen LogP contribution in [0.2, 0.25) is 0 Å². The maximum absolute atomic E-state index is 7.23. The highest BCUT2D eigenvalue weighted by molar-refractivity contribution is 6.23. The fourth-order valence-corrected chi connectivity index (χ4v) is 23.6. The van der Waals surface area contributed by atoms with Crippen LogP contribution in [0.4, 0.5) is 17.1 Å². The van der Waals surface area contributed by atoms with Gasteiger partial charge in [0.15, 0.2) is 0 Å². The van der Waals surface area contributed by atoms with E-state index < -0.39 is 21.7 Å². The number of nitrogens with zero attached hydrogens (tertiary/aromatic N) is 1. The zero-order valence-corrected chi connectivity index (χ0v) is 63.0. The Morgan fingerprint density at radius 1 is 0.223 bits per heavy atom. The molecule has 526 valence electrons. The molecule has 0 atom stereocenters. The van der Waals surface area contributed by atoms with E-state index in [0.29, 0.717) is 0 Å². The number of anilines is 3. The van der Waals surface area contributed by atoms with Gasteiger partial charge in [0, 0.05) is 76.8 Å². The summed E-state index contributed by atoms with van der Waals surface area (Å²) >= 11 is 0. The van der Waals surface area contributed by atoms with E-state index in [9.17, 15) is 0 Å². The average molecular weight is 1430 g/mol. The molecule has 19 aromatic rings. The number of para-hydroxylation sites is 3. The van der Waals surface area contributed by atoms with Crippen LogP contribution in [0.15, 0.2) is 317 Å². The lowest BCUT2D eigenvalue weighted by Crippen LogP contribution is -2.27. The summed E-state index contributed by atoms with van der Waals surface area (Å²) < 4.78 is 21.3. The molecule has 112 heavy (non-hydrogen) atoms. The molecule has 4 heteroatoms. The topological polar surface area (TPSA) is 42.7 Å². The van der Waals surface area contributed by atoms with E-state index in [0.717, 1.165) is 72.3 Å². The van der Waals surface area contributed by atoms with Gasteiger partial charge in [-0.05, 0) is 247 Å². The number of fused-ring (bicyclic) bond motifs is 43. The third kappa shape index (κ3) is 7.08. The van der Waals surface area contributed by atoms with E-state index in [-0.39, 0.29) is 5.41 Å². The van der Waals surface area contributed by atoms with E-state index >= 15 is 0 Å². The highest BCUT2D eigenvalue weighted by Gasteiger charge is 2.58. The molecule has 0 saturated heterocycles. The largest absolute Gasteiger partial charge is 0.456 e. The highest BCUT2D eigenvalue weighted by atomic mass is 16.3. The molecule has 7 aliphatic carbocycles. The summed E-state index contributed by atoms with van der Waals surface area (Å²) in [6.07, 6.45) is 0. The zero-order valence-electron chi connectivity index (χ0n) is 63.0. The SMILES string of the molecule is Cc1ccccc1-c1cc2c(c3c1oc1ccccc13)-c1ccc(N(c3ccc4c(c3)C(C)(C)c3c5c(c6oc7ccccc7c6c3-4)-c3ccccc3C5(C)C)c3ccc4c(c3)C3(c5ccccc5-c5ccccc53)c3cc5c(cc3-4)C3(c4ccccc4-c4ccccc43)c3ccc4oc6ccccc6c4c3-5)cc1C2(C)C. The zero-order chi connectivity index (χ0) is 74.1. The van der Waals surface area contributed by atoms with Crippen molar-refractivity contribution in [1.29, 1.82) is 0 Å². The van der Waals surface area contributed by atoms with Gasteiger partial charge in [0.2, 0.25) is 0 Å². The highest BCUT2D eigenvalue weighted by Crippen LogP contribution is 2.71. The quantitative estimate of drug-likeness (QED) is 0.176. The van der Waals surface area contributed by atoms with Crippen molar-refractivity contribution < 1.29 is 13.3 Å². The summed E-state index contributed by atoms with van der Waals surface area (Å²) in [5, 5.41) is 6.95. The van der Waals surface area contributed by atoms with Gasteiger partial charge in [-0.1, -0.05) is 266 Å². The maximum atomic E-state index is 7.23. The second-order valence-electron chi connectivity index (χ2n) is 34.3. The minimum Gasteiger partial charge on any atom is -0.456 e. The van der Waals surface area contributed by atoms with Crippen LogP contribution in [0.5, 0.6) is 0 Å². The lowest BCUT2D eigenvalue weighted by molar-refractivity contribution is 0.600. The first kappa shape index (κ1) is 61.6. The molecule has 3 aromatic heterocycles. The van der Waals surface area contributed by atoms with E-state index in [1.165, 1.54) is 183 Å². The van der Waals surface area contributed by atoms with Gasteiger partial charge in [0.05, 0.1) is 10.8 Å². The van der Waals surface area contributed by atoms with Crippen molar-refractivity contribution in [2.45, 2.75) is 75.5 Å². The molecule has 16 aromatic carbocycles. The minimum absolute atomic E-state index is 0.313. The van der Waals surface area contributed by atoms with Crippen LogP contribution in [0, 0.1) is 6.92 Å². The van der Waals surface area contributed by atoms with E-state index in [4.69, 9.17) is 13.3 Å². The lowest BCUT2D eigenvalue weighted by atomic mass is 9.68. The van der Waals surface area contributed by atoms with Gasteiger partial charge < -0.3 is 18.2 Å². The Balaban J connectivity index is 0.752. The number of hydrogen-bond donors (Lipinski definition) is 0. The number of benzene rings is 16. The Morgan fingerprint density at radius 3 is 1.21 bits per heavy atom. The summed E-state index contributed by atoms with van der Waals surface area (Å²) in [4.78, 5) is 2.62. The van der Waals surface area contributed by atoms with Gasteiger partial charge in [-0.25, -0.2) is 0 Å². The predicted molar refractivity (Wildman–Crippen MR) is 458 cm³/mol. The normalized spacial score (nSPS) is 15.8. The fraction of sp³-hybridized carbons (Fsp3) is 0.111. The van der Waals surface area contributed by atoms with Crippen molar-refractivity contribution in [2.75, 3.05) is 4.90 Å². The molecule has 0 N–H and O–H groups in total. The van der Waals surface area contributed by atoms with Crippen LogP contribution in [-0.2, 0) is 27.1 Å². The summed E-state index contributed by atoms with van der Waals surface area (Å²) in [5.41, 5.74) is 45.7. The van der Waals surface area contributed by atoms with E-state index in [2.05, 4.69) is 357 Å². The minimum atomic E-state index is -0.747. The van der Waals surface area contributed by atoms with Gasteiger partial charge in [-0.2, -0.15) is 0 Å². The summed E-state index contributed by atoms with van der Waals surface area (Å²) in [6, 6.07) is 116. The van der Waals surface area contributed by atoms with Gasteiger partial charge >= 0.3 is 0 Å². The van der Waals surface area contributed by atoms with Crippen LogP contribution < -0.4 is 4.90 Å². The molecule has 4 nitrogen and oxygen atoms in total. The molecule has 0 unspecified atom stereocenters. The number of aryl methyl sites for hydroxylation is 1. The van der Waals surface area contributed by atoms with Crippen molar-refractivity contribution in [3.8, 4) is 89.0 Å². The molecular weight excluding hydrogens is 1360 g/mol. The summed E-state index contributed by atoms with van der Waals surface area (Å²) in [7, 11) is 0. The third-order valence-corrected chi connectivity index (χ3v) is 28.1. The molecule has 0 bridgehead atoms. The van der Waals surface area contributed by atoms with Crippen LogP contribution in [0.3, 0.4) is 0 Å². The first-order chi connectivity index (χ1) is 54.7. The molecule has 0 radical (unpaired) electrons. The third-order valence-electron chi connectivity index (χ3n) is 28.1. The van der Waals surface area contributed by atoms with Crippen molar-refractivity contribution in [1.82, 2.24) is 0 Å². The Morgan fingerprint density at radius 2 is 0.607 bits per heavy atom. The summed E-state index contributed by atoms with van der Waals surface area (Å²) in [6.45, 7) is 17.0. The van der Waals surface area contributed by atoms with Gasteiger partial charge in [-0.15, -0.1) is 0 Å². The second kappa shape index (κ2) is 20.6. The van der Waals surface area contributed by atoms with Crippen molar-refractivity contribution >= 4 is 82.9 Å². The van der Waals surface area contributed by atoms with Crippen LogP contribution in [0.1, 0.15) is 125 Å². The standard InChI is InChI=1S/C108H71NO3/c1-58-26-8-9-27-62(58)75-56-88-93(97-72-34-16-24-42-90(72)111-102(75)97)69-48-45-59(52-83(69)104(88,2)3)109(60-46-49-70-84(53-60)106(6,7)100-96(70)98-73-35-17-25-43-91(73)112-103(98)99-68-32-14-18-36-77(68)105(4,5)101(99)100)61-44-47-67-74-55-87-76(57-86(74)108(85(67)54-61)80-39-21-12-30-65(80)66-31-13-22-40-81(66)108)94-82(50-51-92-95(94)71-33-15-23-41-89(71)110-92)107(87)78-37-19-10-28-63(78)64-29-11-20-38-79(64)107/h8-57H,1-7H3. The van der Waals surface area contributed by atoms with Gasteiger partial charge in [0.25, 0.3) is 0 Å². The van der Waals surface area contributed by atoms with Crippen LogP contribution >= 0.6 is 0 Å². The fourth-order valence-electron chi connectivity index (χ4n) is 23.6. The predicted octanol–water partition coefficient (Wildman–Crippen LogP) is 28.4. The van der Waals surface area contributed by atoms with Crippen molar-refractivity contribution in [2.24, 2.45) is 0 Å². The average Bonchev–Trinajstić information content (AvgIpc) is 1.49. The maximum Gasteiger partial charge on any atom is 0.144 e. The second-order valence-corrected chi connectivity index (χ2v) is 34.3. The molecule has 3 heterocycles. The molecule has 7 aliphatic rings. The van der Waals surface area contributed by atoms with Crippen molar-refractivity contribution in [3.63, 3.8) is 0 Å². The molecule has 26 rings (SSSR count). The monoisotopic (exact) mass is 1430 g/mol. The first-order valence-corrected chi connectivity index (χ1v) is 39.7. The molecule has 0 fully saturated rings. The van der Waals surface area contributed by atoms with Gasteiger partial charge in [0.1, 0.15) is 33.5 Å². The summed E-state index contributed by atoms with van der Waals surface area (Å²) in [5.74, 6) is 0. The Labute approximate surface area is 648 Å². The van der Waals surface area contributed by atoms with Crippen LogP contribution in [0.25, 0.3) is 155 Å². The van der Waals surface area contributed by atoms with E-state index in [1.807, 2.05) is 0 Å². The molecule has 0 aliphatic heterocycles. The van der Waals surface area contributed by atoms with Crippen LogP contribution in [-0.4, -0.2) is 0 Å². The number of hydrogen-bond acceptors (Lipinski definition) is 4. The van der Waals surface area contributed by atoms with Gasteiger partial charge in [-0.3, -0.25) is 0 Å². The van der Waals surface area contributed by atoms with E-state index in [1.54, 1.807) is 0 Å². The van der Waals surface area contributed by atoms with Crippen molar-refractivity contribution in [3.05, 3.63) is 387 Å². The Bertz CT molecular complexity index is 7550. The Kier molecular flexibility index (Phi) is 11.3. The lowest BCUT2D eigenvalue weighted by Gasteiger charge is -2.33. The first-order valence-electron chi connectivity index (χ1n) is 39.7. The molecule has 0 saturated carbocycles. The number of rotatable bonds is 4. The molecule has 0 amide bonds. The molecule has 2 spiro atoms.